The average molecular weight is 373 g/mol. The molecule has 2 N–H and O–H groups in total. The topological polar surface area (TPSA) is 66.9 Å². The van der Waals surface area contributed by atoms with Gasteiger partial charge in [0.25, 0.3) is 5.91 Å². The van der Waals surface area contributed by atoms with Crippen LogP contribution in [0.25, 0.3) is 0 Å². The Labute approximate surface area is 155 Å². The number of hydrogen-bond acceptors (Lipinski definition) is 4. The Balaban J connectivity index is 1.77. The number of amides is 1. The molecule has 0 radical (unpaired) electrons. The van der Waals surface area contributed by atoms with Crippen LogP contribution in [0.1, 0.15) is 16.1 Å². The van der Waals surface area contributed by atoms with E-state index in [1.807, 2.05) is 31.2 Å². The molecule has 0 fully saturated rings. The lowest BCUT2D eigenvalue weighted by atomic mass is 10.2. The summed E-state index contributed by atoms with van der Waals surface area (Å²) < 4.78 is 0. The molecule has 0 unspecified atom stereocenters. The van der Waals surface area contributed by atoms with Gasteiger partial charge < -0.3 is 10.6 Å². The van der Waals surface area contributed by atoms with Crippen LogP contribution in [0.15, 0.2) is 54.7 Å². The van der Waals surface area contributed by atoms with E-state index in [0.29, 0.717) is 21.4 Å². The average Bonchev–Trinajstić information content (AvgIpc) is 2.58. The van der Waals surface area contributed by atoms with Gasteiger partial charge in [-0.3, -0.25) is 4.79 Å². The fraction of sp³-hybridized carbons (Fsp3) is 0.0556. The van der Waals surface area contributed by atoms with E-state index in [1.54, 1.807) is 24.3 Å². The highest BCUT2D eigenvalue weighted by molar-refractivity contribution is 6.36. The third kappa shape index (κ3) is 4.47. The van der Waals surface area contributed by atoms with Gasteiger partial charge in [0.1, 0.15) is 5.69 Å². The van der Waals surface area contributed by atoms with Crippen molar-refractivity contribution in [2.24, 2.45) is 0 Å². The minimum absolute atomic E-state index is 0.240. The SMILES string of the molecule is Cc1cccc(NC(=O)c2ccnc(Nc3ccc(Cl)cc3Cl)n2)c1. The molecule has 1 heterocycles. The van der Waals surface area contributed by atoms with Crippen LogP contribution < -0.4 is 10.6 Å². The number of carbonyl (C=O) groups excluding carboxylic acids is 1. The predicted molar refractivity (Wildman–Crippen MR) is 101 cm³/mol. The Hall–Kier alpha value is -2.63. The second-order valence-corrected chi connectivity index (χ2v) is 6.18. The maximum absolute atomic E-state index is 12.4. The summed E-state index contributed by atoms with van der Waals surface area (Å²) in [7, 11) is 0. The number of benzene rings is 2. The third-order valence-electron chi connectivity index (χ3n) is 3.34. The van der Waals surface area contributed by atoms with E-state index in [1.165, 1.54) is 6.20 Å². The highest BCUT2D eigenvalue weighted by Crippen LogP contribution is 2.27. The fourth-order valence-corrected chi connectivity index (χ4v) is 2.63. The Morgan fingerprint density at radius 1 is 1.08 bits per heavy atom. The molecule has 3 rings (SSSR count). The van der Waals surface area contributed by atoms with Crippen molar-refractivity contribution in [3.63, 3.8) is 0 Å². The number of anilines is 3. The molecule has 5 nitrogen and oxygen atoms in total. The molecule has 0 aliphatic rings. The van der Waals surface area contributed by atoms with Crippen LogP contribution in [-0.2, 0) is 0 Å². The Bertz CT molecular complexity index is 930. The Morgan fingerprint density at radius 2 is 1.92 bits per heavy atom. The molecule has 2 aromatic carbocycles. The molecule has 0 aliphatic heterocycles. The van der Waals surface area contributed by atoms with Crippen LogP contribution in [0.2, 0.25) is 10.0 Å². The van der Waals surface area contributed by atoms with Gasteiger partial charge in [0.2, 0.25) is 5.95 Å². The Kier molecular flexibility index (Phi) is 5.16. The first-order valence-electron chi connectivity index (χ1n) is 7.44. The number of halogens is 2. The summed E-state index contributed by atoms with van der Waals surface area (Å²) in [5, 5.41) is 6.75. The first-order valence-corrected chi connectivity index (χ1v) is 8.20. The molecule has 0 spiro atoms. The smallest absolute Gasteiger partial charge is 0.274 e. The lowest BCUT2D eigenvalue weighted by molar-refractivity contribution is 0.102. The van der Waals surface area contributed by atoms with Crippen molar-refractivity contribution in [3.8, 4) is 0 Å². The molecular weight excluding hydrogens is 359 g/mol. The van der Waals surface area contributed by atoms with Crippen molar-refractivity contribution < 1.29 is 4.79 Å². The lowest BCUT2D eigenvalue weighted by Crippen LogP contribution is -2.14. The number of aromatic nitrogens is 2. The van der Waals surface area contributed by atoms with Gasteiger partial charge in [0.15, 0.2) is 0 Å². The maximum Gasteiger partial charge on any atom is 0.274 e. The van der Waals surface area contributed by atoms with Gasteiger partial charge in [-0.15, -0.1) is 0 Å². The molecule has 0 bridgehead atoms. The standard InChI is InChI=1S/C18H14Cl2N4O/c1-11-3-2-4-13(9-11)22-17(25)16-7-8-21-18(24-16)23-15-6-5-12(19)10-14(15)20/h2-10H,1H3,(H,22,25)(H,21,23,24). The van der Waals surface area contributed by atoms with E-state index in [2.05, 4.69) is 20.6 Å². The van der Waals surface area contributed by atoms with Crippen LogP contribution in [-0.4, -0.2) is 15.9 Å². The number of aryl methyl sites for hydroxylation is 1. The molecule has 25 heavy (non-hydrogen) atoms. The predicted octanol–water partition coefficient (Wildman–Crippen LogP) is 5.09. The van der Waals surface area contributed by atoms with Gasteiger partial charge in [-0.2, -0.15) is 0 Å². The minimum atomic E-state index is -0.321. The highest BCUT2D eigenvalue weighted by Gasteiger charge is 2.10. The number of nitrogens with one attached hydrogen (secondary N) is 2. The molecule has 7 heteroatoms. The Morgan fingerprint density at radius 3 is 2.68 bits per heavy atom. The van der Waals surface area contributed by atoms with Crippen LogP contribution in [0.4, 0.5) is 17.3 Å². The van der Waals surface area contributed by atoms with Crippen LogP contribution in [0.3, 0.4) is 0 Å². The number of hydrogen-bond donors (Lipinski definition) is 2. The molecule has 3 aromatic rings. The molecule has 126 valence electrons. The zero-order valence-electron chi connectivity index (χ0n) is 13.3. The zero-order chi connectivity index (χ0) is 17.8. The van der Waals surface area contributed by atoms with E-state index >= 15 is 0 Å². The van der Waals surface area contributed by atoms with Gasteiger partial charge in [0, 0.05) is 16.9 Å². The van der Waals surface area contributed by atoms with E-state index in [9.17, 15) is 4.79 Å². The van der Waals surface area contributed by atoms with E-state index in [-0.39, 0.29) is 17.5 Å². The van der Waals surface area contributed by atoms with Crippen molar-refractivity contribution in [2.75, 3.05) is 10.6 Å². The maximum atomic E-state index is 12.4. The number of nitrogens with zero attached hydrogens (tertiary/aromatic N) is 2. The molecule has 0 saturated carbocycles. The van der Waals surface area contributed by atoms with Crippen molar-refractivity contribution in [1.29, 1.82) is 0 Å². The largest absolute Gasteiger partial charge is 0.323 e. The van der Waals surface area contributed by atoms with Crippen LogP contribution in [0.5, 0.6) is 0 Å². The van der Waals surface area contributed by atoms with Gasteiger partial charge in [-0.05, 0) is 48.9 Å². The summed E-state index contributed by atoms with van der Waals surface area (Å²) >= 11 is 12.0. The van der Waals surface area contributed by atoms with E-state index < -0.39 is 0 Å². The van der Waals surface area contributed by atoms with Crippen LogP contribution >= 0.6 is 23.2 Å². The molecular formula is C18H14Cl2N4O. The van der Waals surface area contributed by atoms with Crippen molar-refractivity contribution in [2.45, 2.75) is 6.92 Å². The summed E-state index contributed by atoms with van der Waals surface area (Å²) in [6.07, 6.45) is 1.50. The minimum Gasteiger partial charge on any atom is -0.323 e. The number of rotatable bonds is 4. The van der Waals surface area contributed by atoms with E-state index in [0.717, 1.165) is 5.56 Å². The van der Waals surface area contributed by atoms with Crippen molar-refractivity contribution >= 4 is 46.4 Å². The molecule has 1 amide bonds. The van der Waals surface area contributed by atoms with Gasteiger partial charge in [-0.25, -0.2) is 9.97 Å². The highest BCUT2D eigenvalue weighted by atomic mass is 35.5. The quantitative estimate of drug-likeness (QED) is 0.669. The third-order valence-corrected chi connectivity index (χ3v) is 3.89. The second-order valence-electron chi connectivity index (χ2n) is 5.34. The zero-order valence-corrected chi connectivity index (χ0v) is 14.8. The molecule has 0 saturated heterocycles. The number of carbonyl (C=O) groups is 1. The fourth-order valence-electron chi connectivity index (χ4n) is 2.17. The van der Waals surface area contributed by atoms with Gasteiger partial charge in [0.05, 0.1) is 10.7 Å². The lowest BCUT2D eigenvalue weighted by Gasteiger charge is -2.09. The summed E-state index contributed by atoms with van der Waals surface area (Å²) in [6.45, 7) is 1.96. The van der Waals surface area contributed by atoms with Crippen molar-refractivity contribution in [3.05, 3.63) is 76.0 Å². The monoisotopic (exact) mass is 372 g/mol. The summed E-state index contributed by atoms with van der Waals surface area (Å²) in [5.74, 6) is -0.0561. The van der Waals surface area contributed by atoms with Gasteiger partial charge in [-0.1, -0.05) is 35.3 Å². The normalized spacial score (nSPS) is 10.4. The molecule has 1 aromatic heterocycles. The summed E-state index contributed by atoms with van der Waals surface area (Å²) in [5.41, 5.74) is 2.60. The first kappa shape index (κ1) is 17.2. The molecule has 0 atom stereocenters. The van der Waals surface area contributed by atoms with Crippen LogP contribution in [0, 0.1) is 6.92 Å². The van der Waals surface area contributed by atoms with E-state index in [4.69, 9.17) is 23.2 Å². The second kappa shape index (κ2) is 7.51. The molecule has 0 aliphatic carbocycles. The summed E-state index contributed by atoms with van der Waals surface area (Å²) in [6, 6.07) is 14.1. The first-order chi connectivity index (χ1) is 12.0. The van der Waals surface area contributed by atoms with Gasteiger partial charge >= 0.3 is 0 Å². The summed E-state index contributed by atoms with van der Waals surface area (Å²) in [4.78, 5) is 20.7. The van der Waals surface area contributed by atoms with Crippen molar-refractivity contribution in [1.82, 2.24) is 9.97 Å².